The SMILES string of the molecule is C[C@H](C(N)=O)c1ccccc1.[HH]. The quantitative estimate of drug-likeness (QED) is 0.684. The molecule has 0 heterocycles. The first-order valence-corrected chi connectivity index (χ1v) is 3.56. The molecule has 0 unspecified atom stereocenters. The molecule has 0 saturated heterocycles. The van der Waals surface area contributed by atoms with Crippen molar-refractivity contribution in [3.8, 4) is 0 Å². The number of rotatable bonds is 2. The number of carbonyl (C=O) groups excluding carboxylic acids is 1. The predicted molar refractivity (Wildman–Crippen MR) is 46.2 cm³/mol. The molecular weight excluding hydrogens is 138 g/mol. The number of hydrogen-bond acceptors (Lipinski definition) is 1. The van der Waals surface area contributed by atoms with Gasteiger partial charge in [-0.1, -0.05) is 30.3 Å². The van der Waals surface area contributed by atoms with Crippen LogP contribution in [0.2, 0.25) is 0 Å². The van der Waals surface area contributed by atoms with E-state index in [1.54, 1.807) is 6.92 Å². The molecule has 1 rings (SSSR count). The van der Waals surface area contributed by atoms with Gasteiger partial charge in [0, 0.05) is 1.43 Å². The lowest BCUT2D eigenvalue weighted by Gasteiger charge is -2.05. The van der Waals surface area contributed by atoms with E-state index >= 15 is 0 Å². The van der Waals surface area contributed by atoms with Gasteiger partial charge in [0.05, 0.1) is 5.92 Å². The van der Waals surface area contributed by atoms with Crippen LogP contribution in [0.3, 0.4) is 0 Å². The Morgan fingerprint density at radius 2 is 2.00 bits per heavy atom. The van der Waals surface area contributed by atoms with Gasteiger partial charge in [-0.15, -0.1) is 0 Å². The zero-order valence-corrected chi connectivity index (χ0v) is 6.45. The van der Waals surface area contributed by atoms with Gasteiger partial charge < -0.3 is 5.73 Å². The minimum atomic E-state index is -0.281. The zero-order chi connectivity index (χ0) is 8.27. The first kappa shape index (κ1) is 7.79. The molecule has 0 fully saturated rings. The average molecular weight is 151 g/mol. The fraction of sp³-hybridized carbons (Fsp3) is 0.222. The molecule has 2 N–H and O–H groups in total. The first-order valence-electron chi connectivity index (χ1n) is 3.56. The van der Waals surface area contributed by atoms with Crippen LogP contribution >= 0.6 is 0 Å². The average Bonchev–Trinajstić information content (AvgIpc) is 2.05. The summed E-state index contributed by atoms with van der Waals surface area (Å²) in [5, 5.41) is 0. The molecule has 1 aromatic carbocycles. The second-order valence-electron chi connectivity index (χ2n) is 2.53. The molecule has 2 heteroatoms. The smallest absolute Gasteiger partial charge is 0.224 e. The largest absolute Gasteiger partial charge is 0.369 e. The molecule has 1 amide bonds. The Morgan fingerprint density at radius 1 is 1.45 bits per heavy atom. The van der Waals surface area contributed by atoms with Crippen molar-refractivity contribution in [3.63, 3.8) is 0 Å². The van der Waals surface area contributed by atoms with Crippen molar-refractivity contribution in [2.75, 3.05) is 0 Å². The van der Waals surface area contributed by atoms with Gasteiger partial charge in [0.25, 0.3) is 0 Å². The fourth-order valence-electron chi connectivity index (χ4n) is 0.906. The molecule has 1 atom stereocenters. The highest BCUT2D eigenvalue weighted by Crippen LogP contribution is 2.12. The monoisotopic (exact) mass is 151 g/mol. The minimum Gasteiger partial charge on any atom is -0.369 e. The first-order chi connectivity index (χ1) is 5.22. The third-order valence-electron chi connectivity index (χ3n) is 1.73. The third kappa shape index (κ3) is 1.80. The maximum atomic E-state index is 10.7. The highest BCUT2D eigenvalue weighted by Gasteiger charge is 2.09. The van der Waals surface area contributed by atoms with Gasteiger partial charge in [-0.05, 0) is 12.5 Å². The van der Waals surface area contributed by atoms with Crippen molar-refractivity contribution in [2.24, 2.45) is 5.73 Å². The zero-order valence-electron chi connectivity index (χ0n) is 6.45. The molecule has 1 aromatic rings. The number of nitrogens with two attached hydrogens (primary N) is 1. The molecule has 2 nitrogen and oxygen atoms in total. The van der Waals surface area contributed by atoms with Crippen LogP contribution < -0.4 is 5.73 Å². The van der Waals surface area contributed by atoms with Crippen LogP contribution in [0.5, 0.6) is 0 Å². The van der Waals surface area contributed by atoms with Gasteiger partial charge in [0.2, 0.25) is 5.91 Å². The summed E-state index contributed by atoms with van der Waals surface area (Å²) >= 11 is 0. The molecule has 0 aliphatic rings. The van der Waals surface area contributed by atoms with Crippen LogP contribution in [0.4, 0.5) is 0 Å². The van der Waals surface area contributed by atoms with Crippen LogP contribution in [-0.2, 0) is 4.79 Å². The summed E-state index contributed by atoms with van der Waals surface area (Å²) in [6.45, 7) is 1.80. The second-order valence-corrected chi connectivity index (χ2v) is 2.53. The van der Waals surface area contributed by atoms with Gasteiger partial charge >= 0.3 is 0 Å². The lowest BCUT2D eigenvalue weighted by molar-refractivity contribution is -0.119. The maximum Gasteiger partial charge on any atom is 0.224 e. The van der Waals surface area contributed by atoms with Crippen LogP contribution in [-0.4, -0.2) is 5.91 Å². The molecule has 0 saturated carbocycles. The van der Waals surface area contributed by atoms with Crippen LogP contribution in [0.15, 0.2) is 30.3 Å². The molecule has 0 radical (unpaired) electrons. The summed E-state index contributed by atoms with van der Waals surface area (Å²) in [7, 11) is 0. The number of carbonyl (C=O) groups is 1. The van der Waals surface area contributed by atoms with Crippen molar-refractivity contribution in [1.82, 2.24) is 0 Å². The van der Waals surface area contributed by atoms with E-state index in [2.05, 4.69) is 0 Å². The predicted octanol–water partition coefficient (Wildman–Crippen LogP) is 1.52. The standard InChI is InChI=1S/C9H11NO.H2/c1-7(9(10)11)8-5-3-2-4-6-8;/h2-7H,1H3,(H2,10,11);1H/t7-;/m0./s1. The lowest BCUT2D eigenvalue weighted by atomic mass is 10.0. The van der Waals surface area contributed by atoms with Crippen molar-refractivity contribution < 1.29 is 6.22 Å². The van der Waals surface area contributed by atoms with E-state index < -0.39 is 0 Å². The van der Waals surface area contributed by atoms with Crippen molar-refractivity contribution in [1.29, 1.82) is 0 Å². The fourth-order valence-corrected chi connectivity index (χ4v) is 0.906. The van der Waals surface area contributed by atoms with Crippen LogP contribution in [0, 0.1) is 0 Å². The Kier molecular flexibility index (Phi) is 2.26. The van der Waals surface area contributed by atoms with E-state index in [1.807, 2.05) is 30.3 Å². The molecule has 0 bridgehead atoms. The summed E-state index contributed by atoms with van der Waals surface area (Å²) in [6.07, 6.45) is 0. The van der Waals surface area contributed by atoms with E-state index in [9.17, 15) is 4.79 Å². The van der Waals surface area contributed by atoms with Gasteiger partial charge in [-0.3, -0.25) is 4.79 Å². The lowest BCUT2D eigenvalue weighted by Crippen LogP contribution is -2.18. The van der Waals surface area contributed by atoms with Crippen molar-refractivity contribution in [3.05, 3.63) is 35.9 Å². The maximum absolute atomic E-state index is 10.7. The molecule has 0 spiro atoms. The van der Waals surface area contributed by atoms with E-state index in [0.717, 1.165) is 5.56 Å². The Labute approximate surface area is 67.5 Å². The molecule has 0 aliphatic carbocycles. The van der Waals surface area contributed by atoms with E-state index in [-0.39, 0.29) is 13.3 Å². The summed E-state index contributed by atoms with van der Waals surface area (Å²) in [5.74, 6) is -0.465. The summed E-state index contributed by atoms with van der Waals surface area (Å²) < 4.78 is 0. The van der Waals surface area contributed by atoms with Crippen LogP contribution in [0.1, 0.15) is 19.8 Å². The minimum absolute atomic E-state index is 0. The van der Waals surface area contributed by atoms with Crippen molar-refractivity contribution >= 4 is 5.91 Å². The Balaban J connectivity index is 0.00000121. The highest BCUT2D eigenvalue weighted by atomic mass is 16.1. The molecular formula is C9H13NO. The Hall–Kier alpha value is -1.31. The molecule has 60 valence electrons. The second kappa shape index (κ2) is 3.19. The Morgan fingerprint density at radius 3 is 2.45 bits per heavy atom. The summed E-state index contributed by atoms with van der Waals surface area (Å²) in [6, 6.07) is 9.51. The van der Waals surface area contributed by atoms with Crippen LogP contribution in [0.25, 0.3) is 0 Å². The molecule has 0 aromatic heterocycles. The number of benzene rings is 1. The topological polar surface area (TPSA) is 43.1 Å². The van der Waals surface area contributed by atoms with E-state index in [1.165, 1.54) is 0 Å². The Bertz CT molecular complexity index is 248. The van der Waals surface area contributed by atoms with Gasteiger partial charge in [-0.2, -0.15) is 0 Å². The summed E-state index contributed by atoms with van der Waals surface area (Å²) in [5.41, 5.74) is 6.10. The highest BCUT2D eigenvalue weighted by molar-refractivity contribution is 5.81. The number of hydrogen-bond donors (Lipinski definition) is 1. The van der Waals surface area contributed by atoms with E-state index in [4.69, 9.17) is 5.73 Å². The van der Waals surface area contributed by atoms with Gasteiger partial charge in [0.15, 0.2) is 0 Å². The number of amides is 1. The molecule has 11 heavy (non-hydrogen) atoms. The normalized spacial score (nSPS) is 12.5. The van der Waals surface area contributed by atoms with Gasteiger partial charge in [0.1, 0.15) is 0 Å². The number of primary amides is 1. The summed E-state index contributed by atoms with van der Waals surface area (Å²) in [4.78, 5) is 10.7. The van der Waals surface area contributed by atoms with E-state index in [0.29, 0.717) is 0 Å². The molecule has 0 aliphatic heterocycles. The third-order valence-corrected chi connectivity index (χ3v) is 1.73. The van der Waals surface area contributed by atoms with Gasteiger partial charge in [-0.25, -0.2) is 0 Å². The van der Waals surface area contributed by atoms with Crippen molar-refractivity contribution in [2.45, 2.75) is 12.8 Å².